The van der Waals surface area contributed by atoms with Gasteiger partial charge in [-0.2, -0.15) is 0 Å². The second-order valence-electron chi connectivity index (χ2n) is 5.28. The van der Waals surface area contributed by atoms with Crippen LogP contribution in [0.15, 0.2) is 0 Å². The fourth-order valence-electron chi connectivity index (χ4n) is 3.29. The molecule has 0 aromatic carbocycles. The van der Waals surface area contributed by atoms with Crippen LogP contribution in [0.5, 0.6) is 0 Å². The van der Waals surface area contributed by atoms with E-state index in [4.69, 9.17) is 4.74 Å². The molecule has 3 rings (SSSR count). The number of fused-ring (bicyclic) bond motifs is 1. The number of rotatable bonds is 2. The summed E-state index contributed by atoms with van der Waals surface area (Å²) in [5, 5.41) is 2.36. The van der Waals surface area contributed by atoms with Gasteiger partial charge in [-0.05, 0) is 38.8 Å². The van der Waals surface area contributed by atoms with Gasteiger partial charge in [-0.3, -0.25) is 5.43 Å². The first-order chi connectivity index (χ1) is 7.92. The molecule has 4 heteroatoms. The standard InChI is InChI=1S/C12H23N3O/c1-2-12-10-11(3-5-14(12)4-1)13-15-6-8-16-9-7-15/h11-13H,1-10H2. The van der Waals surface area contributed by atoms with Gasteiger partial charge in [-0.15, -0.1) is 0 Å². The number of hydrogen-bond acceptors (Lipinski definition) is 4. The Hall–Kier alpha value is -0.160. The summed E-state index contributed by atoms with van der Waals surface area (Å²) >= 11 is 0. The van der Waals surface area contributed by atoms with E-state index in [0.29, 0.717) is 6.04 Å². The zero-order valence-electron chi connectivity index (χ0n) is 10.0. The summed E-state index contributed by atoms with van der Waals surface area (Å²) in [6.07, 6.45) is 5.49. The van der Waals surface area contributed by atoms with Gasteiger partial charge in [-0.25, -0.2) is 5.01 Å². The lowest BCUT2D eigenvalue weighted by molar-refractivity contribution is -0.00517. The van der Waals surface area contributed by atoms with Gasteiger partial charge in [0.25, 0.3) is 0 Å². The molecule has 0 aromatic rings. The van der Waals surface area contributed by atoms with Crippen LogP contribution in [0.25, 0.3) is 0 Å². The average molecular weight is 225 g/mol. The Bertz CT molecular complexity index is 230. The van der Waals surface area contributed by atoms with Gasteiger partial charge in [-0.1, -0.05) is 0 Å². The topological polar surface area (TPSA) is 27.7 Å². The Morgan fingerprint density at radius 1 is 1.00 bits per heavy atom. The van der Waals surface area contributed by atoms with E-state index < -0.39 is 0 Å². The summed E-state index contributed by atoms with van der Waals surface area (Å²) in [4.78, 5) is 2.68. The Kier molecular flexibility index (Phi) is 3.43. The van der Waals surface area contributed by atoms with Crippen LogP contribution in [0, 0.1) is 0 Å². The maximum absolute atomic E-state index is 5.37. The molecule has 0 saturated carbocycles. The summed E-state index contributed by atoms with van der Waals surface area (Å²) in [5.41, 5.74) is 3.70. The Labute approximate surface area is 97.9 Å². The molecule has 0 aromatic heterocycles. The largest absolute Gasteiger partial charge is 0.379 e. The quantitative estimate of drug-likeness (QED) is 0.738. The lowest BCUT2D eigenvalue weighted by Gasteiger charge is -2.38. The Balaban J connectivity index is 1.48. The number of hydrogen-bond donors (Lipinski definition) is 1. The summed E-state index contributed by atoms with van der Waals surface area (Å²) in [6.45, 7) is 6.50. The molecule has 3 fully saturated rings. The second kappa shape index (κ2) is 5.00. The van der Waals surface area contributed by atoms with Crippen LogP contribution in [0.4, 0.5) is 0 Å². The lowest BCUT2D eigenvalue weighted by atomic mass is 9.98. The third kappa shape index (κ3) is 2.40. The highest BCUT2D eigenvalue weighted by Gasteiger charge is 2.32. The van der Waals surface area contributed by atoms with Crippen molar-refractivity contribution in [1.29, 1.82) is 0 Å². The summed E-state index contributed by atoms with van der Waals surface area (Å²) in [5.74, 6) is 0. The third-order valence-corrected chi connectivity index (χ3v) is 4.20. The van der Waals surface area contributed by atoms with E-state index in [1.54, 1.807) is 0 Å². The van der Waals surface area contributed by atoms with Crippen molar-refractivity contribution >= 4 is 0 Å². The predicted molar refractivity (Wildman–Crippen MR) is 63.1 cm³/mol. The van der Waals surface area contributed by atoms with E-state index in [-0.39, 0.29) is 0 Å². The number of nitrogens with zero attached hydrogens (tertiary/aromatic N) is 2. The van der Waals surface area contributed by atoms with E-state index in [0.717, 1.165) is 32.3 Å². The van der Waals surface area contributed by atoms with Crippen molar-refractivity contribution in [2.75, 3.05) is 39.4 Å². The van der Waals surface area contributed by atoms with Crippen LogP contribution >= 0.6 is 0 Å². The van der Waals surface area contributed by atoms with Crippen molar-refractivity contribution in [2.45, 2.75) is 37.8 Å². The van der Waals surface area contributed by atoms with Crippen molar-refractivity contribution < 1.29 is 4.74 Å². The molecule has 1 N–H and O–H groups in total. The molecule has 2 unspecified atom stereocenters. The Morgan fingerprint density at radius 3 is 2.75 bits per heavy atom. The van der Waals surface area contributed by atoms with E-state index in [1.165, 1.54) is 38.8 Å². The molecule has 3 saturated heterocycles. The first kappa shape index (κ1) is 11.0. The molecule has 0 amide bonds. The zero-order chi connectivity index (χ0) is 10.8. The molecule has 3 heterocycles. The Morgan fingerprint density at radius 2 is 1.88 bits per heavy atom. The number of morpholine rings is 1. The van der Waals surface area contributed by atoms with Gasteiger partial charge in [0, 0.05) is 25.2 Å². The SMILES string of the molecule is C1CC2CC(NN3CCOCC3)CCN2C1. The molecular weight excluding hydrogens is 202 g/mol. The van der Waals surface area contributed by atoms with Crippen molar-refractivity contribution in [3.8, 4) is 0 Å². The fourth-order valence-corrected chi connectivity index (χ4v) is 3.29. The number of piperidine rings is 1. The van der Waals surface area contributed by atoms with E-state index in [1.807, 2.05) is 0 Å². The maximum Gasteiger partial charge on any atom is 0.0608 e. The smallest absolute Gasteiger partial charge is 0.0608 e. The van der Waals surface area contributed by atoms with Gasteiger partial charge < -0.3 is 9.64 Å². The zero-order valence-corrected chi connectivity index (χ0v) is 10.0. The number of hydrazine groups is 1. The molecule has 0 radical (unpaired) electrons. The minimum absolute atomic E-state index is 0.706. The van der Waals surface area contributed by atoms with E-state index >= 15 is 0 Å². The molecule has 0 bridgehead atoms. The lowest BCUT2D eigenvalue weighted by Crippen LogP contribution is -2.54. The fraction of sp³-hybridized carbons (Fsp3) is 1.00. The highest BCUT2D eigenvalue weighted by molar-refractivity contribution is 4.88. The van der Waals surface area contributed by atoms with Crippen LogP contribution < -0.4 is 5.43 Å². The van der Waals surface area contributed by atoms with Gasteiger partial charge in [0.15, 0.2) is 0 Å². The van der Waals surface area contributed by atoms with Crippen molar-refractivity contribution in [1.82, 2.24) is 15.3 Å². The summed E-state index contributed by atoms with van der Waals surface area (Å²) in [6, 6.07) is 1.57. The first-order valence-electron chi connectivity index (χ1n) is 6.75. The number of nitrogens with one attached hydrogen (secondary N) is 1. The van der Waals surface area contributed by atoms with Crippen LogP contribution in [-0.4, -0.2) is 61.4 Å². The molecule has 2 atom stereocenters. The maximum atomic E-state index is 5.37. The predicted octanol–water partition coefficient (Wildman–Crippen LogP) is 0.450. The monoisotopic (exact) mass is 225 g/mol. The van der Waals surface area contributed by atoms with Gasteiger partial charge in [0.1, 0.15) is 0 Å². The van der Waals surface area contributed by atoms with Crippen molar-refractivity contribution in [2.24, 2.45) is 0 Å². The molecular formula is C12H23N3O. The highest BCUT2D eigenvalue weighted by atomic mass is 16.5. The minimum Gasteiger partial charge on any atom is -0.379 e. The second-order valence-corrected chi connectivity index (χ2v) is 5.28. The van der Waals surface area contributed by atoms with E-state index in [9.17, 15) is 0 Å². The van der Waals surface area contributed by atoms with E-state index in [2.05, 4.69) is 15.3 Å². The van der Waals surface area contributed by atoms with Crippen molar-refractivity contribution in [3.05, 3.63) is 0 Å². The molecule has 16 heavy (non-hydrogen) atoms. The molecule has 0 aliphatic carbocycles. The average Bonchev–Trinajstić information content (AvgIpc) is 2.77. The minimum atomic E-state index is 0.706. The highest BCUT2D eigenvalue weighted by Crippen LogP contribution is 2.26. The van der Waals surface area contributed by atoms with Gasteiger partial charge in [0.05, 0.1) is 13.2 Å². The summed E-state index contributed by atoms with van der Waals surface area (Å²) in [7, 11) is 0. The van der Waals surface area contributed by atoms with Crippen LogP contribution in [0.3, 0.4) is 0 Å². The van der Waals surface area contributed by atoms with Crippen LogP contribution in [0.2, 0.25) is 0 Å². The van der Waals surface area contributed by atoms with Gasteiger partial charge >= 0.3 is 0 Å². The number of ether oxygens (including phenoxy) is 1. The normalized spacial score (nSPS) is 37.5. The molecule has 92 valence electrons. The van der Waals surface area contributed by atoms with Gasteiger partial charge in [0.2, 0.25) is 0 Å². The van der Waals surface area contributed by atoms with Crippen LogP contribution in [0.1, 0.15) is 25.7 Å². The first-order valence-corrected chi connectivity index (χ1v) is 6.75. The van der Waals surface area contributed by atoms with Crippen molar-refractivity contribution in [3.63, 3.8) is 0 Å². The molecule has 3 aliphatic rings. The molecule has 0 spiro atoms. The third-order valence-electron chi connectivity index (χ3n) is 4.20. The van der Waals surface area contributed by atoms with Crippen LogP contribution in [-0.2, 0) is 4.74 Å². The summed E-state index contributed by atoms with van der Waals surface area (Å²) < 4.78 is 5.37. The molecule has 3 aliphatic heterocycles. The molecule has 4 nitrogen and oxygen atoms in total.